The van der Waals surface area contributed by atoms with Crippen LogP contribution in [-0.4, -0.2) is 5.78 Å². The number of hydrogen-bond donors (Lipinski definition) is 0. The summed E-state index contributed by atoms with van der Waals surface area (Å²) in [6.07, 6.45) is 0. The Kier molecular flexibility index (Phi) is 3.49. The monoisotopic (exact) mass is 242 g/mol. The van der Waals surface area contributed by atoms with E-state index < -0.39 is 17.4 Å². The molecular formula is C15H8F2O. The lowest BCUT2D eigenvalue weighted by atomic mass is 10.1. The molecule has 0 unspecified atom stereocenters. The van der Waals surface area contributed by atoms with E-state index in [1.165, 1.54) is 6.07 Å². The molecule has 0 aliphatic heterocycles. The van der Waals surface area contributed by atoms with Crippen LogP contribution in [0.25, 0.3) is 0 Å². The zero-order valence-corrected chi connectivity index (χ0v) is 9.28. The van der Waals surface area contributed by atoms with E-state index in [4.69, 9.17) is 0 Å². The molecule has 0 bridgehead atoms. The number of hydrogen-bond acceptors (Lipinski definition) is 1. The molecule has 0 saturated carbocycles. The van der Waals surface area contributed by atoms with Crippen molar-refractivity contribution < 1.29 is 13.6 Å². The summed E-state index contributed by atoms with van der Waals surface area (Å²) in [7, 11) is 0. The van der Waals surface area contributed by atoms with E-state index in [9.17, 15) is 13.6 Å². The molecule has 2 rings (SSSR count). The van der Waals surface area contributed by atoms with Crippen LogP contribution in [0.5, 0.6) is 0 Å². The molecule has 2 aromatic carbocycles. The van der Waals surface area contributed by atoms with Crippen LogP contribution in [0, 0.1) is 23.5 Å². The highest BCUT2D eigenvalue weighted by atomic mass is 19.2. The van der Waals surface area contributed by atoms with Gasteiger partial charge >= 0.3 is 0 Å². The Bertz CT molecular complexity index is 637. The van der Waals surface area contributed by atoms with Crippen molar-refractivity contribution >= 4 is 5.78 Å². The maximum absolute atomic E-state index is 12.9. The molecule has 0 atom stereocenters. The van der Waals surface area contributed by atoms with E-state index in [1.54, 1.807) is 24.3 Å². The number of benzene rings is 2. The molecule has 0 saturated heterocycles. The molecule has 0 N–H and O–H groups in total. The van der Waals surface area contributed by atoms with Crippen LogP contribution in [0.15, 0.2) is 48.5 Å². The lowest BCUT2D eigenvalue weighted by molar-refractivity contribution is 0.105. The van der Waals surface area contributed by atoms with Gasteiger partial charge in [0.25, 0.3) is 0 Å². The average Bonchev–Trinajstić information content (AvgIpc) is 2.40. The third-order valence-electron chi connectivity index (χ3n) is 2.28. The molecule has 0 aliphatic rings. The van der Waals surface area contributed by atoms with Crippen molar-refractivity contribution in [2.75, 3.05) is 0 Å². The Morgan fingerprint density at radius 3 is 2.33 bits per heavy atom. The normalized spacial score (nSPS) is 9.44. The number of carbonyl (C=O) groups excluding carboxylic acids is 1. The van der Waals surface area contributed by atoms with Gasteiger partial charge in [-0.05, 0) is 36.3 Å². The Hall–Kier alpha value is -2.47. The number of carbonyl (C=O) groups is 1. The van der Waals surface area contributed by atoms with E-state index in [0.29, 0.717) is 5.56 Å². The molecule has 0 amide bonds. The summed E-state index contributed by atoms with van der Waals surface area (Å²) in [5.41, 5.74) is 0.728. The first kappa shape index (κ1) is 12.0. The molecule has 0 aromatic heterocycles. The van der Waals surface area contributed by atoms with E-state index in [1.807, 2.05) is 6.07 Å². The molecule has 18 heavy (non-hydrogen) atoms. The third-order valence-corrected chi connectivity index (χ3v) is 2.28. The average molecular weight is 242 g/mol. The fourth-order valence-electron chi connectivity index (χ4n) is 1.36. The lowest BCUT2D eigenvalue weighted by Gasteiger charge is -1.95. The second-order valence-electron chi connectivity index (χ2n) is 3.57. The molecule has 1 nitrogen and oxygen atoms in total. The Labute approximate surface area is 103 Å². The van der Waals surface area contributed by atoms with E-state index in [0.717, 1.165) is 12.1 Å². The second-order valence-corrected chi connectivity index (χ2v) is 3.57. The largest absolute Gasteiger partial charge is 0.279 e. The Balaban J connectivity index is 2.23. The van der Waals surface area contributed by atoms with E-state index in [2.05, 4.69) is 11.8 Å². The van der Waals surface area contributed by atoms with Crippen LogP contribution < -0.4 is 0 Å². The molecule has 0 heterocycles. The minimum Gasteiger partial charge on any atom is -0.279 e. The fourth-order valence-corrected chi connectivity index (χ4v) is 1.36. The van der Waals surface area contributed by atoms with Crippen molar-refractivity contribution in [1.29, 1.82) is 0 Å². The van der Waals surface area contributed by atoms with Crippen LogP contribution in [0.1, 0.15) is 15.9 Å². The van der Waals surface area contributed by atoms with Crippen LogP contribution >= 0.6 is 0 Å². The van der Waals surface area contributed by atoms with Gasteiger partial charge in [0.15, 0.2) is 11.6 Å². The highest BCUT2D eigenvalue weighted by Gasteiger charge is 2.07. The van der Waals surface area contributed by atoms with Crippen LogP contribution in [0.4, 0.5) is 8.78 Å². The summed E-state index contributed by atoms with van der Waals surface area (Å²) in [5.74, 6) is 2.46. The highest BCUT2D eigenvalue weighted by Crippen LogP contribution is 2.09. The summed E-state index contributed by atoms with van der Waals surface area (Å²) >= 11 is 0. The van der Waals surface area contributed by atoms with Crippen LogP contribution in [0.2, 0.25) is 0 Å². The molecule has 88 valence electrons. The third kappa shape index (κ3) is 2.80. The van der Waals surface area contributed by atoms with Crippen molar-refractivity contribution in [2.24, 2.45) is 0 Å². The number of rotatable bonds is 1. The summed E-state index contributed by atoms with van der Waals surface area (Å²) in [6, 6.07) is 11.9. The van der Waals surface area contributed by atoms with Gasteiger partial charge in [-0.3, -0.25) is 4.79 Å². The first-order chi connectivity index (χ1) is 8.66. The standard InChI is InChI=1S/C15H8F2O/c16-13-8-7-12(10-14(13)17)15(18)9-6-11-4-2-1-3-5-11/h1-5,7-8,10H. The highest BCUT2D eigenvalue weighted by molar-refractivity contribution is 6.09. The van der Waals surface area contributed by atoms with Gasteiger partial charge in [-0.15, -0.1) is 0 Å². The summed E-state index contributed by atoms with van der Waals surface area (Å²) < 4.78 is 25.6. The number of ketones is 1. The number of Topliss-reactive ketones (excluding diaryl/α,β-unsaturated/α-hetero) is 1. The van der Waals surface area contributed by atoms with Gasteiger partial charge in [0.05, 0.1) is 0 Å². The van der Waals surface area contributed by atoms with Crippen molar-refractivity contribution in [2.45, 2.75) is 0 Å². The van der Waals surface area contributed by atoms with Crippen molar-refractivity contribution in [3.63, 3.8) is 0 Å². The molecule has 0 radical (unpaired) electrons. The predicted molar refractivity (Wildman–Crippen MR) is 64.0 cm³/mol. The maximum atomic E-state index is 12.9. The molecule has 0 fully saturated rings. The van der Waals surface area contributed by atoms with Crippen molar-refractivity contribution in [1.82, 2.24) is 0 Å². The zero-order valence-electron chi connectivity index (χ0n) is 9.28. The van der Waals surface area contributed by atoms with Gasteiger partial charge in [0.1, 0.15) is 0 Å². The minimum atomic E-state index is -1.05. The zero-order chi connectivity index (χ0) is 13.0. The molecule has 0 aliphatic carbocycles. The van der Waals surface area contributed by atoms with Gasteiger partial charge in [0.2, 0.25) is 5.78 Å². The van der Waals surface area contributed by atoms with E-state index in [-0.39, 0.29) is 5.56 Å². The topological polar surface area (TPSA) is 17.1 Å². The quantitative estimate of drug-likeness (QED) is 0.554. The summed E-state index contributed by atoms with van der Waals surface area (Å²) in [6.45, 7) is 0. The first-order valence-corrected chi connectivity index (χ1v) is 5.23. The van der Waals surface area contributed by atoms with Gasteiger partial charge in [0, 0.05) is 11.1 Å². The fraction of sp³-hybridized carbons (Fsp3) is 0. The SMILES string of the molecule is O=C(C#Cc1ccccc1)c1ccc(F)c(F)c1. The lowest BCUT2D eigenvalue weighted by Crippen LogP contribution is -1.97. The molecule has 2 aromatic rings. The van der Waals surface area contributed by atoms with Crippen molar-refractivity contribution in [3.05, 3.63) is 71.3 Å². The smallest absolute Gasteiger partial charge is 0.236 e. The Morgan fingerprint density at radius 2 is 1.67 bits per heavy atom. The maximum Gasteiger partial charge on any atom is 0.236 e. The van der Waals surface area contributed by atoms with Gasteiger partial charge in [-0.1, -0.05) is 24.1 Å². The molecular weight excluding hydrogens is 234 g/mol. The van der Waals surface area contributed by atoms with Crippen molar-refractivity contribution in [3.8, 4) is 11.8 Å². The second kappa shape index (κ2) is 5.24. The summed E-state index contributed by atoms with van der Waals surface area (Å²) in [5, 5.41) is 0. The molecule has 0 spiro atoms. The number of halogens is 2. The molecule has 3 heteroatoms. The van der Waals surface area contributed by atoms with Crippen LogP contribution in [0.3, 0.4) is 0 Å². The predicted octanol–water partition coefficient (Wildman–Crippen LogP) is 3.20. The van der Waals surface area contributed by atoms with Gasteiger partial charge < -0.3 is 0 Å². The summed E-state index contributed by atoms with van der Waals surface area (Å²) in [4.78, 5) is 11.6. The van der Waals surface area contributed by atoms with Gasteiger partial charge in [-0.25, -0.2) is 8.78 Å². The van der Waals surface area contributed by atoms with Crippen LogP contribution in [-0.2, 0) is 0 Å². The Morgan fingerprint density at radius 1 is 0.944 bits per heavy atom. The minimum absolute atomic E-state index is 0.0392. The van der Waals surface area contributed by atoms with Gasteiger partial charge in [-0.2, -0.15) is 0 Å². The first-order valence-electron chi connectivity index (χ1n) is 5.23. The van der Waals surface area contributed by atoms with E-state index >= 15 is 0 Å².